The highest BCUT2D eigenvalue weighted by molar-refractivity contribution is 7.90. The lowest BCUT2D eigenvalue weighted by Gasteiger charge is -2.32. The van der Waals surface area contributed by atoms with Crippen molar-refractivity contribution in [3.05, 3.63) is 77.7 Å². The SMILES string of the molecule is O=C(NCC1CCN(Cc2cccc(F)c2)CC1)c1nc(CS(=O)(=O)c2ccccc2)no1. The van der Waals surface area contributed by atoms with Gasteiger partial charge in [-0.15, -0.1) is 0 Å². The second kappa shape index (κ2) is 10.2. The number of rotatable bonds is 8. The van der Waals surface area contributed by atoms with Crippen LogP contribution in [0, 0.1) is 11.7 Å². The Labute approximate surface area is 191 Å². The van der Waals surface area contributed by atoms with Crippen molar-refractivity contribution in [2.45, 2.75) is 30.0 Å². The maximum atomic E-state index is 13.4. The van der Waals surface area contributed by atoms with E-state index in [0.29, 0.717) is 19.0 Å². The Bertz CT molecular complexity index is 1190. The van der Waals surface area contributed by atoms with E-state index in [2.05, 4.69) is 20.4 Å². The Kier molecular flexibility index (Phi) is 7.14. The van der Waals surface area contributed by atoms with Crippen LogP contribution >= 0.6 is 0 Å². The van der Waals surface area contributed by atoms with Gasteiger partial charge in [0.05, 0.1) is 4.90 Å². The molecule has 0 bridgehead atoms. The quantitative estimate of drug-likeness (QED) is 0.537. The van der Waals surface area contributed by atoms with E-state index >= 15 is 0 Å². The Hall–Kier alpha value is -3.11. The first-order chi connectivity index (χ1) is 15.9. The third-order valence-electron chi connectivity index (χ3n) is 5.64. The van der Waals surface area contributed by atoms with Gasteiger partial charge in [-0.2, -0.15) is 4.98 Å². The van der Waals surface area contributed by atoms with Crippen molar-refractivity contribution in [1.82, 2.24) is 20.4 Å². The lowest BCUT2D eigenvalue weighted by molar-refractivity contribution is 0.0891. The fourth-order valence-corrected chi connectivity index (χ4v) is 5.04. The Morgan fingerprint density at radius 3 is 2.61 bits per heavy atom. The highest BCUT2D eigenvalue weighted by atomic mass is 32.2. The molecule has 10 heteroatoms. The molecule has 174 valence electrons. The molecule has 0 radical (unpaired) electrons. The van der Waals surface area contributed by atoms with Crippen LogP contribution in [0.25, 0.3) is 0 Å². The summed E-state index contributed by atoms with van der Waals surface area (Å²) in [6.07, 6.45) is 1.81. The van der Waals surface area contributed by atoms with Crippen molar-refractivity contribution in [2.24, 2.45) is 5.92 Å². The van der Waals surface area contributed by atoms with E-state index in [1.807, 2.05) is 6.07 Å². The number of likely N-dealkylation sites (tertiary alicyclic amines) is 1. The minimum Gasteiger partial charge on any atom is -0.348 e. The third-order valence-corrected chi connectivity index (χ3v) is 7.27. The normalized spacial score (nSPS) is 15.4. The van der Waals surface area contributed by atoms with E-state index in [4.69, 9.17) is 4.52 Å². The summed E-state index contributed by atoms with van der Waals surface area (Å²) >= 11 is 0. The molecule has 1 saturated heterocycles. The van der Waals surface area contributed by atoms with Crippen LogP contribution in [-0.4, -0.2) is 49.0 Å². The molecular weight excluding hydrogens is 447 g/mol. The summed E-state index contributed by atoms with van der Waals surface area (Å²) in [5, 5.41) is 6.44. The van der Waals surface area contributed by atoms with Crippen LogP contribution in [0.15, 0.2) is 64.0 Å². The first kappa shape index (κ1) is 23.1. The maximum absolute atomic E-state index is 13.4. The van der Waals surface area contributed by atoms with Gasteiger partial charge in [-0.25, -0.2) is 12.8 Å². The van der Waals surface area contributed by atoms with Crippen LogP contribution in [0.1, 0.15) is 34.9 Å². The number of carbonyl (C=O) groups is 1. The van der Waals surface area contributed by atoms with Crippen LogP contribution in [0.5, 0.6) is 0 Å². The van der Waals surface area contributed by atoms with Crippen LogP contribution in [0.2, 0.25) is 0 Å². The second-order valence-corrected chi connectivity index (χ2v) is 10.1. The van der Waals surface area contributed by atoms with Crippen molar-refractivity contribution in [3.63, 3.8) is 0 Å². The molecule has 0 saturated carbocycles. The summed E-state index contributed by atoms with van der Waals surface area (Å²) in [5.74, 6) is -1.21. The standard InChI is InChI=1S/C23H25FN4O4S/c24-19-6-4-5-18(13-19)15-28-11-9-17(10-12-28)14-25-22(29)23-26-21(27-32-23)16-33(30,31)20-7-2-1-3-8-20/h1-8,13,17H,9-12,14-16H2,(H,25,29). The fraction of sp³-hybridized carbons (Fsp3) is 0.348. The zero-order chi connectivity index (χ0) is 23.3. The average molecular weight is 473 g/mol. The fourth-order valence-electron chi connectivity index (χ4n) is 3.84. The van der Waals surface area contributed by atoms with Crippen LogP contribution in [0.3, 0.4) is 0 Å². The van der Waals surface area contributed by atoms with Gasteiger partial charge in [0.1, 0.15) is 11.6 Å². The molecule has 8 nitrogen and oxygen atoms in total. The molecule has 0 aliphatic carbocycles. The number of benzene rings is 2. The lowest BCUT2D eigenvalue weighted by atomic mass is 9.96. The monoisotopic (exact) mass is 472 g/mol. The van der Waals surface area contributed by atoms with Crippen LogP contribution in [0.4, 0.5) is 4.39 Å². The number of aromatic nitrogens is 2. The molecule has 2 heterocycles. The van der Waals surface area contributed by atoms with Crippen molar-refractivity contribution in [1.29, 1.82) is 0 Å². The zero-order valence-corrected chi connectivity index (χ0v) is 18.8. The molecule has 1 fully saturated rings. The molecule has 1 aromatic heterocycles. The van der Waals surface area contributed by atoms with E-state index in [-0.39, 0.29) is 22.4 Å². The predicted octanol–water partition coefficient (Wildman–Crippen LogP) is 2.82. The summed E-state index contributed by atoms with van der Waals surface area (Å²) in [6.45, 7) is 2.89. The first-order valence-electron chi connectivity index (χ1n) is 10.7. The Balaban J connectivity index is 1.23. The number of hydrogen-bond donors (Lipinski definition) is 1. The molecule has 0 atom stereocenters. The summed E-state index contributed by atoms with van der Waals surface area (Å²) in [7, 11) is -3.63. The molecule has 4 rings (SSSR count). The number of carbonyl (C=O) groups excluding carboxylic acids is 1. The van der Waals surface area contributed by atoms with Crippen molar-refractivity contribution < 1.29 is 22.1 Å². The molecule has 2 aromatic carbocycles. The van der Waals surface area contributed by atoms with E-state index in [1.54, 1.807) is 30.3 Å². The number of nitrogens with zero attached hydrogens (tertiary/aromatic N) is 3. The van der Waals surface area contributed by atoms with Gasteiger partial charge < -0.3 is 9.84 Å². The highest BCUT2D eigenvalue weighted by Gasteiger charge is 2.23. The third kappa shape index (κ3) is 6.23. The lowest BCUT2D eigenvalue weighted by Crippen LogP contribution is -2.38. The molecule has 33 heavy (non-hydrogen) atoms. The maximum Gasteiger partial charge on any atom is 0.315 e. The average Bonchev–Trinajstić information content (AvgIpc) is 3.27. The number of sulfone groups is 1. The van der Waals surface area contributed by atoms with Crippen LogP contribution in [-0.2, 0) is 22.1 Å². The number of piperidine rings is 1. The summed E-state index contributed by atoms with van der Waals surface area (Å²) in [6, 6.07) is 14.6. The van der Waals surface area contributed by atoms with Gasteiger partial charge in [-0.3, -0.25) is 9.69 Å². The number of halogens is 1. The summed E-state index contributed by atoms with van der Waals surface area (Å²) in [4.78, 5) is 18.7. The first-order valence-corrected chi connectivity index (χ1v) is 12.4. The van der Waals surface area contributed by atoms with E-state index in [0.717, 1.165) is 31.5 Å². The minimum absolute atomic E-state index is 0.0605. The summed E-state index contributed by atoms with van der Waals surface area (Å²) in [5.41, 5.74) is 0.947. The summed E-state index contributed by atoms with van der Waals surface area (Å²) < 4.78 is 43.2. The Morgan fingerprint density at radius 2 is 1.88 bits per heavy atom. The van der Waals surface area contributed by atoms with Gasteiger partial charge in [0, 0.05) is 13.1 Å². The van der Waals surface area contributed by atoms with E-state index in [9.17, 15) is 17.6 Å². The van der Waals surface area contributed by atoms with Crippen molar-refractivity contribution >= 4 is 15.7 Å². The Morgan fingerprint density at radius 1 is 1.12 bits per heavy atom. The van der Waals surface area contributed by atoms with E-state index in [1.165, 1.54) is 18.2 Å². The smallest absolute Gasteiger partial charge is 0.315 e. The molecule has 1 amide bonds. The van der Waals surface area contributed by atoms with Gasteiger partial charge in [0.2, 0.25) is 0 Å². The molecule has 3 aromatic rings. The van der Waals surface area contributed by atoms with Crippen LogP contribution < -0.4 is 5.32 Å². The highest BCUT2D eigenvalue weighted by Crippen LogP contribution is 2.19. The van der Waals surface area contributed by atoms with Crippen molar-refractivity contribution in [3.8, 4) is 0 Å². The molecule has 1 aliphatic heterocycles. The number of nitrogens with one attached hydrogen (secondary N) is 1. The predicted molar refractivity (Wildman–Crippen MR) is 118 cm³/mol. The van der Waals surface area contributed by atoms with Gasteiger partial charge in [0.25, 0.3) is 0 Å². The number of amides is 1. The molecular formula is C23H25FN4O4S. The van der Waals surface area contributed by atoms with Gasteiger partial charge >= 0.3 is 11.8 Å². The topological polar surface area (TPSA) is 105 Å². The second-order valence-electron chi connectivity index (χ2n) is 8.15. The van der Waals surface area contributed by atoms with Gasteiger partial charge in [-0.1, -0.05) is 35.5 Å². The largest absolute Gasteiger partial charge is 0.348 e. The number of hydrogen-bond acceptors (Lipinski definition) is 7. The zero-order valence-electron chi connectivity index (χ0n) is 18.0. The molecule has 1 N–H and O–H groups in total. The van der Waals surface area contributed by atoms with E-state index < -0.39 is 21.5 Å². The van der Waals surface area contributed by atoms with Crippen molar-refractivity contribution in [2.75, 3.05) is 19.6 Å². The molecule has 0 unspecified atom stereocenters. The van der Waals surface area contributed by atoms with Gasteiger partial charge in [0.15, 0.2) is 15.7 Å². The molecule has 0 spiro atoms. The molecule has 1 aliphatic rings. The minimum atomic E-state index is -3.63. The van der Waals surface area contributed by atoms with Gasteiger partial charge in [-0.05, 0) is 61.7 Å².